The number of rotatable bonds is 6. The van der Waals surface area contributed by atoms with Crippen LogP contribution >= 0.6 is 0 Å². The number of para-hydroxylation sites is 2. The predicted octanol–water partition coefficient (Wildman–Crippen LogP) is 3.21. The van der Waals surface area contributed by atoms with Crippen molar-refractivity contribution in [2.24, 2.45) is 0 Å². The minimum absolute atomic E-state index is 0.157. The van der Waals surface area contributed by atoms with E-state index in [0.29, 0.717) is 29.7 Å². The van der Waals surface area contributed by atoms with Gasteiger partial charge in [0.15, 0.2) is 5.65 Å². The van der Waals surface area contributed by atoms with Crippen molar-refractivity contribution >= 4 is 17.1 Å². The van der Waals surface area contributed by atoms with Crippen molar-refractivity contribution in [1.82, 2.24) is 19.1 Å². The third-order valence-corrected chi connectivity index (χ3v) is 5.12. The number of nitrogens with zero attached hydrogens (tertiary/aromatic N) is 4. The van der Waals surface area contributed by atoms with Crippen LogP contribution in [0.2, 0.25) is 0 Å². The Bertz CT molecular complexity index is 1230. The van der Waals surface area contributed by atoms with E-state index in [-0.39, 0.29) is 5.69 Å². The second-order valence-corrected chi connectivity index (χ2v) is 7.17. The third-order valence-electron chi connectivity index (χ3n) is 5.12. The molecule has 29 heavy (non-hydrogen) atoms. The van der Waals surface area contributed by atoms with Crippen LogP contribution in [0.25, 0.3) is 16.9 Å². The first-order chi connectivity index (χ1) is 14.2. The molecule has 0 spiro atoms. The van der Waals surface area contributed by atoms with Crippen LogP contribution in [0.4, 0.5) is 5.95 Å². The molecule has 7 heteroatoms. The van der Waals surface area contributed by atoms with E-state index in [2.05, 4.69) is 15.3 Å². The highest BCUT2D eigenvalue weighted by atomic mass is 16.5. The first kappa shape index (κ1) is 17.5. The van der Waals surface area contributed by atoms with Gasteiger partial charge in [0.25, 0.3) is 0 Å². The molecule has 4 aromatic rings. The average Bonchev–Trinajstić information content (AvgIpc) is 3.53. The number of imidazole rings is 1. The zero-order valence-electron chi connectivity index (χ0n) is 16.1. The molecule has 1 aliphatic carbocycles. The second-order valence-electron chi connectivity index (χ2n) is 7.17. The highest BCUT2D eigenvalue weighted by molar-refractivity contribution is 5.74. The van der Waals surface area contributed by atoms with E-state index in [1.54, 1.807) is 22.4 Å². The Hall–Kier alpha value is -3.61. The molecule has 1 N–H and O–H groups in total. The minimum atomic E-state index is -0.157. The molecule has 2 heterocycles. The lowest BCUT2D eigenvalue weighted by Crippen LogP contribution is -2.24. The number of fused-ring (bicyclic) bond motifs is 1. The van der Waals surface area contributed by atoms with Crippen LogP contribution in [0, 0.1) is 0 Å². The molecule has 0 unspecified atom stereocenters. The molecule has 146 valence electrons. The Balaban J connectivity index is 1.69. The van der Waals surface area contributed by atoms with E-state index < -0.39 is 0 Å². The smallest absolute Gasteiger partial charge is 0.335 e. The zero-order chi connectivity index (χ0) is 19.8. The Morgan fingerprint density at radius 1 is 1.10 bits per heavy atom. The first-order valence-corrected chi connectivity index (χ1v) is 9.67. The van der Waals surface area contributed by atoms with Crippen molar-refractivity contribution < 1.29 is 4.74 Å². The van der Waals surface area contributed by atoms with Gasteiger partial charge in [-0.05, 0) is 31.0 Å². The summed E-state index contributed by atoms with van der Waals surface area (Å²) in [7, 11) is 1.63. The van der Waals surface area contributed by atoms with Crippen molar-refractivity contribution in [3.63, 3.8) is 0 Å². The summed E-state index contributed by atoms with van der Waals surface area (Å²) >= 11 is 0. The maximum absolute atomic E-state index is 13.4. The zero-order valence-corrected chi connectivity index (χ0v) is 16.1. The Kier molecular flexibility index (Phi) is 4.27. The van der Waals surface area contributed by atoms with Crippen LogP contribution < -0.4 is 15.7 Å². The van der Waals surface area contributed by atoms with Gasteiger partial charge in [0.05, 0.1) is 25.5 Å². The summed E-state index contributed by atoms with van der Waals surface area (Å²) in [6.45, 7) is 0.373. The molecule has 1 aliphatic rings. The predicted molar refractivity (Wildman–Crippen MR) is 112 cm³/mol. The minimum Gasteiger partial charge on any atom is -0.496 e. The van der Waals surface area contributed by atoms with Gasteiger partial charge in [-0.15, -0.1) is 0 Å². The fraction of sp³-hybridized carbons (Fsp3) is 0.227. The number of hydrogen-bond acceptors (Lipinski definition) is 5. The largest absolute Gasteiger partial charge is 0.496 e. The van der Waals surface area contributed by atoms with Crippen LogP contribution in [-0.4, -0.2) is 32.3 Å². The Labute approximate surface area is 167 Å². The standard InChI is InChI=1S/C22H21N5O2/c1-29-19-10-6-5-7-15(19)14-26-18-13-23-21(24-16-11-12-16)25-20(18)27(22(26)28)17-8-3-2-4-9-17/h2-10,13,16H,11-12,14H2,1H3,(H,23,24,25). The lowest BCUT2D eigenvalue weighted by atomic mass is 10.2. The van der Waals surface area contributed by atoms with E-state index >= 15 is 0 Å². The average molecular weight is 387 g/mol. The highest BCUT2D eigenvalue weighted by Gasteiger charge is 2.23. The molecule has 2 aromatic carbocycles. The van der Waals surface area contributed by atoms with E-state index in [1.165, 1.54) is 0 Å². The molecule has 0 saturated heterocycles. The van der Waals surface area contributed by atoms with Gasteiger partial charge in [0.1, 0.15) is 11.3 Å². The van der Waals surface area contributed by atoms with Gasteiger partial charge >= 0.3 is 5.69 Å². The number of methoxy groups -OCH3 is 1. The number of anilines is 1. The van der Waals surface area contributed by atoms with Gasteiger partial charge in [0.2, 0.25) is 5.95 Å². The van der Waals surface area contributed by atoms with Crippen LogP contribution in [0.3, 0.4) is 0 Å². The van der Waals surface area contributed by atoms with E-state index in [0.717, 1.165) is 29.8 Å². The van der Waals surface area contributed by atoms with Crippen molar-refractivity contribution in [2.45, 2.75) is 25.4 Å². The molecule has 0 atom stereocenters. The molecule has 0 amide bonds. The molecular weight excluding hydrogens is 366 g/mol. The van der Waals surface area contributed by atoms with Gasteiger partial charge in [-0.25, -0.2) is 14.3 Å². The van der Waals surface area contributed by atoms with E-state index in [4.69, 9.17) is 4.74 Å². The van der Waals surface area contributed by atoms with Gasteiger partial charge in [-0.3, -0.25) is 4.57 Å². The first-order valence-electron chi connectivity index (χ1n) is 9.67. The van der Waals surface area contributed by atoms with Crippen molar-refractivity contribution in [3.8, 4) is 11.4 Å². The number of ether oxygens (including phenoxy) is 1. The summed E-state index contributed by atoms with van der Waals surface area (Å²) in [5.74, 6) is 1.30. The molecule has 1 saturated carbocycles. The normalized spacial score (nSPS) is 13.6. The topological polar surface area (TPSA) is 74.0 Å². The lowest BCUT2D eigenvalue weighted by Gasteiger charge is -2.09. The SMILES string of the molecule is COc1ccccc1Cn1c(=O)n(-c2ccccc2)c2nc(NC3CC3)ncc21. The number of aromatic nitrogens is 4. The van der Waals surface area contributed by atoms with Crippen LogP contribution in [0.5, 0.6) is 5.75 Å². The summed E-state index contributed by atoms with van der Waals surface area (Å²) in [5.41, 5.74) is 2.82. The summed E-state index contributed by atoms with van der Waals surface area (Å²) < 4.78 is 8.81. The summed E-state index contributed by atoms with van der Waals surface area (Å²) in [6.07, 6.45) is 3.98. The van der Waals surface area contributed by atoms with Crippen LogP contribution in [0.15, 0.2) is 65.6 Å². The van der Waals surface area contributed by atoms with Gasteiger partial charge in [-0.2, -0.15) is 4.98 Å². The third kappa shape index (κ3) is 3.24. The number of nitrogens with one attached hydrogen (secondary N) is 1. The molecule has 0 bridgehead atoms. The maximum atomic E-state index is 13.4. The number of hydrogen-bond donors (Lipinski definition) is 1. The molecule has 2 aromatic heterocycles. The quantitative estimate of drug-likeness (QED) is 0.550. The fourth-order valence-electron chi connectivity index (χ4n) is 3.48. The molecule has 5 rings (SSSR count). The Morgan fingerprint density at radius 3 is 2.62 bits per heavy atom. The molecule has 1 fully saturated rings. The second kappa shape index (κ2) is 7.09. The molecule has 0 radical (unpaired) electrons. The summed E-state index contributed by atoms with van der Waals surface area (Å²) in [4.78, 5) is 22.6. The van der Waals surface area contributed by atoms with Crippen molar-refractivity contribution in [2.75, 3.05) is 12.4 Å². The van der Waals surface area contributed by atoms with Gasteiger partial charge in [-0.1, -0.05) is 36.4 Å². The van der Waals surface area contributed by atoms with Crippen LogP contribution in [0.1, 0.15) is 18.4 Å². The van der Waals surface area contributed by atoms with Gasteiger partial charge in [0, 0.05) is 11.6 Å². The monoisotopic (exact) mass is 387 g/mol. The van der Waals surface area contributed by atoms with Crippen LogP contribution in [-0.2, 0) is 6.54 Å². The maximum Gasteiger partial charge on any atom is 0.335 e. The van der Waals surface area contributed by atoms with Crippen molar-refractivity contribution in [3.05, 3.63) is 76.8 Å². The summed E-state index contributed by atoms with van der Waals surface area (Å²) in [6, 6.07) is 17.7. The lowest BCUT2D eigenvalue weighted by molar-refractivity contribution is 0.408. The molecule has 7 nitrogen and oxygen atoms in total. The van der Waals surface area contributed by atoms with E-state index in [1.807, 2.05) is 54.6 Å². The van der Waals surface area contributed by atoms with Gasteiger partial charge < -0.3 is 10.1 Å². The summed E-state index contributed by atoms with van der Waals surface area (Å²) in [5, 5.41) is 3.32. The van der Waals surface area contributed by atoms with E-state index in [9.17, 15) is 4.79 Å². The molecule has 0 aliphatic heterocycles. The number of benzene rings is 2. The highest BCUT2D eigenvalue weighted by Crippen LogP contribution is 2.25. The Morgan fingerprint density at radius 2 is 1.86 bits per heavy atom. The fourth-order valence-corrected chi connectivity index (χ4v) is 3.48. The van der Waals surface area contributed by atoms with Crippen molar-refractivity contribution in [1.29, 1.82) is 0 Å². The molecular formula is C22H21N5O2.